The summed E-state index contributed by atoms with van der Waals surface area (Å²) in [4.78, 5) is 26.3. The fourth-order valence-corrected chi connectivity index (χ4v) is 3.61. The van der Waals surface area contributed by atoms with Gasteiger partial charge in [-0.3, -0.25) is 4.79 Å². The molecular formula is C25H28FN7O2. The number of nitrogens with one attached hydrogen (secondary N) is 2. The molecule has 5 rings (SSSR count). The van der Waals surface area contributed by atoms with E-state index in [0.717, 1.165) is 42.0 Å². The molecule has 0 saturated carbocycles. The number of hydrogen-bond donors (Lipinski definition) is 3. The minimum Gasteiger partial charge on any atom is -0.338 e. The van der Waals surface area contributed by atoms with Crippen molar-refractivity contribution < 1.29 is 13.7 Å². The molecule has 10 heteroatoms. The molecule has 4 aromatic rings. The van der Waals surface area contributed by atoms with Gasteiger partial charge >= 0.3 is 0 Å². The number of carbonyl (C=O) groups excluding carboxylic acids is 1. The number of aromatic nitrogens is 5. The van der Waals surface area contributed by atoms with Gasteiger partial charge in [-0.25, -0.2) is 14.4 Å². The molecule has 1 aliphatic rings. The van der Waals surface area contributed by atoms with E-state index in [1.54, 1.807) is 12.3 Å². The van der Waals surface area contributed by atoms with Gasteiger partial charge in [-0.05, 0) is 36.2 Å². The van der Waals surface area contributed by atoms with Crippen molar-refractivity contribution in [2.75, 3.05) is 13.1 Å². The third kappa shape index (κ3) is 5.50. The standard InChI is InChI=1S/C18H18FN5.C7H10N2O2/c19-15-9-12(1-2-13(15)10-20)14-5-8-22-18-16(14)23-17(24-18)11-3-6-21-7-4-11;1-7(2,3)6-8-5(4-10)9-11-6/h1-3,5,8-9,21H,4,6-7,10,20H2,(H,22,23,24);4H,1-3H3. The van der Waals surface area contributed by atoms with E-state index >= 15 is 0 Å². The third-order valence-electron chi connectivity index (χ3n) is 5.53. The lowest BCUT2D eigenvalue weighted by molar-refractivity contribution is 0.111. The Morgan fingerprint density at radius 1 is 1.23 bits per heavy atom. The van der Waals surface area contributed by atoms with Crippen molar-refractivity contribution >= 4 is 23.0 Å². The second kappa shape index (κ2) is 10.2. The first-order valence-corrected chi connectivity index (χ1v) is 11.3. The van der Waals surface area contributed by atoms with Crippen molar-refractivity contribution in [1.82, 2.24) is 30.4 Å². The summed E-state index contributed by atoms with van der Waals surface area (Å²) >= 11 is 0. The van der Waals surface area contributed by atoms with Crippen LogP contribution in [0.15, 0.2) is 41.1 Å². The Morgan fingerprint density at radius 3 is 2.66 bits per heavy atom. The summed E-state index contributed by atoms with van der Waals surface area (Å²) in [5.41, 5.74) is 10.2. The number of pyridine rings is 1. The Kier molecular flexibility index (Phi) is 7.13. The summed E-state index contributed by atoms with van der Waals surface area (Å²) in [5, 5.41) is 6.73. The van der Waals surface area contributed by atoms with Crippen molar-refractivity contribution in [3.05, 3.63) is 65.5 Å². The number of rotatable bonds is 4. The Balaban J connectivity index is 0.000000221. The van der Waals surface area contributed by atoms with Gasteiger partial charge in [0.25, 0.3) is 0 Å². The van der Waals surface area contributed by atoms with Crippen molar-refractivity contribution in [3.8, 4) is 11.1 Å². The van der Waals surface area contributed by atoms with E-state index in [-0.39, 0.29) is 23.6 Å². The molecule has 0 saturated heterocycles. The molecule has 0 atom stereocenters. The van der Waals surface area contributed by atoms with Crippen LogP contribution < -0.4 is 11.1 Å². The van der Waals surface area contributed by atoms with Crippen LogP contribution in [0, 0.1) is 5.82 Å². The molecule has 182 valence electrons. The van der Waals surface area contributed by atoms with Gasteiger partial charge in [-0.1, -0.05) is 44.1 Å². The van der Waals surface area contributed by atoms with Crippen LogP contribution in [0.25, 0.3) is 27.9 Å². The van der Waals surface area contributed by atoms with E-state index in [0.29, 0.717) is 23.4 Å². The summed E-state index contributed by atoms with van der Waals surface area (Å²) in [6.45, 7) is 7.79. The number of aromatic amines is 1. The lowest BCUT2D eigenvalue weighted by atomic mass is 9.97. The highest BCUT2D eigenvalue weighted by Gasteiger charge is 2.21. The van der Waals surface area contributed by atoms with Crippen LogP contribution in [0.4, 0.5) is 4.39 Å². The minimum absolute atomic E-state index is 0.106. The maximum Gasteiger partial charge on any atom is 0.235 e. The van der Waals surface area contributed by atoms with Gasteiger partial charge in [0.15, 0.2) is 11.9 Å². The molecular weight excluding hydrogens is 449 g/mol. The zero-order valence-corrected chi connectivity index (χ0v) is 19.9. The Morgan fingerprint density at radius 2 is 2.06 bits per heavy atom. The van der Waals surface area contributed by atoms with Gasteiger partial charge in [0, 0.05) is 35.8 Å². The number of nitrogens with two attached hydrogens (primary N) is 1. The smallest absolute Gasteiger partial charge is 0.235 e. The van der Waals surface area contributed by atoms with E-state index < -0.39 is 0 Å². The zero-order chi connectivity index (χ0) is 25.0. The molecule has 0 radical (unpaired) electrons. The Bertz CT molecular complexity index is 1370. The summed E-state index contributed by atoms with van der Waals surface area (Å²) in [5.74, 6) is 1.14. The molecule has 4 heterocycles. The number of imidazole rings is 1. The molecule has 0 unspecified atom stereocenters. The maximum absolute atomic E-state index is 14.1. The van der Waals surface area contributed by atoms with Crippen molar-refractivity contribution in [2.45, 2.75) is 39.2 Å². The maximum atomic E-state index is 14.1. The Hall–Kier alpha value is -3.76. The van der Waals surface area contributed by atoms with Gasteiger partial charge in [0.1, 0.15) is 11.6 Å². The molecule has 1 aliphatic heterocycles. The first-order chi connectivity index (χ1) is 16.8. The van der Waals surface area contributed by atoms with E-state index in [1.165, 1.54) is 11.6 Å². The minimum atomic E-state index is -0.291. The normalized spacial score (nSPS) is 13.8. The number of H-pyrrole nitrogens is 1. The number of hydrogen-bond acceptors (Lipinski definition) is 8. The lowest BCUT2D eigenvalue weighted by Crippen LogP contribution is -2.20. The average Bonchev–Trinajstić information content (AvgIpc) is 3.52. The zero-order valence-electron chi connectivity index (χ0n) is 19.9. The molecule has 0 spiro atoms. The summed E-state index contributed by atoms with van der Waals surface area (Å²) in [6, 6.07) is 6.99. The van der Waals surface area contributed by atoms with Gasteiger partial charge < -0.3 is 20.6 Å². The van der Waals surface area contributed by atoms with Crippen molar-refractivity contribution in [3.63, 3.8) is 0 Å². The number of halogens is 1. The SMILES string of the molecule is CC(C)(C)c1nc(C=O)no1.NCc1ccc(-c2ccnc3nc(C4=CCNCC4)[nH]c23)cc1F. The van der Waals surface area contributed by atoms with Crippen LogP contribution in [0.5, 0.6) is 0 Å². The van der Waals surface area contributed by atoms with Crippen LogP contribution >= 0.6 is 0 Å². The van der Waals surface area contributed by atoms with Gasteiger partial charge in [0.05, 0.1) is 5.52 Å². The fourth-order valence-electron chi connectivity index (χ4n) is 3.61. The number of fused-ring (bicyclic) bond motifs is 1. The Labute approximate surface area is 202 Å². The largest absolute Gasteiger partial charge is 0.338 e. The molecule has 35 heavy (non-hydrogen) atoms. The van der Waals surface area contributed by atoms with E-state index in [4.69, 9.17) is 10.3 Å². The van der Waals surface area contributed by atoms with Crippen LogP contribution in [-0.4, -0.2) is 44.5 Å². The van der Waals surface area contributed by atoms with Crippen LogP contribution in [-0.2, 0) is 12.0 Å². The van der Waals surface area contributed by atoms with E-state index in [9.17, 15) is 9.18 Å². The van der Waals surface area contributed by atoms with E-state index in [1.807, 2.05) is 32.9 Å². The number of carbonyl (C=O) groups is 1. The first kappa shape index (κ1) is 24.4. The molecule has 9 nitrogen and oxygen atoms in total. The second-order valence-electron chi connectivity index (χ2n) is 9.16. The monoisotopic (exact) mass is 477 g/mol. The second-order valence-corrected chi connectivity index (χ2v) is 9.16. The van der Waals surface area contributed by atoms with Gasteiger partial charge in [0.2, 0.25) is 11.7 Å². The fraction of sp³-hybridized carbons (Fsp3) is 0.320. The van der Waals surface area contributed by atoms with Crippen LogP contribution in [0.1, 0.15) is 55.1 Å². The molecule has 1 aromatic carbocycles. The highest BCUT2D eigenvalue weighted by molar-refractivity contribution is 5.91. The first-order valence-electron chi connectivity index (χ1n) is 11.3. The average molecular weight is 478 g/mol. The topological polar surface area (TPSA) is 136 Å². The molecule has 4 N–H and O–H groups in total. The number of nitrogens with zero attached hydrogens (tertiary/aromatic N) is 4. The highest BCUT2D eigenvalue weighted by atomic mass is 19.1. The predicted molar refractivity (Wildman–Crippen MR) is 131 cm³/mol. The predicted octanol–water partition coefficient (Wildman–Crippen LogP) is 3.78. The van der Waals surface area contributed by atoms with Crippen molar-refractivity contribution in [1.29, 1.82) is 0 Å². The van der Waals surface area contributed by atoms with Crippen LogP contribution in [0.3, 0.4) is 0 Å². The quantitative estimate of drug-likeness (QED) is 0.378. The van der Waals surface area contributed by atoms with Gasteiger partial charge in [-0.15, -0.1) is 0 Å². The molecule has 0 fully saturated rings. The number of aldehydes is 1. The highest BCUT2D eigenvalue weighted by Crippen LogP contribution is 2.29. The van der Waals surface area contributed by atoms with Crippen molar-refractivity contribution in [2.24, 2.45) is 5.73 Å². The third-order valence-corrected chi connectivity index (χ3v) is 5.53. The molecule has 0 amide bonds. The lowest BCUT2D eigenvalue weighted by Gasteiger charge is -2.11. The number of benzene rings is 1. The summed E-state index contributed by atoms with van der Waals surface area (Å²) in [6.07, 6.45) is 5.33. The summed E-state index contributed by atoms with van der Waals surface area (Å²) in [7, 11) is 0. The van der Waals surface area contributed by atoms with Gasteiger partial charge in [-0.2, -0.15) is 4.98 Å². The molecule has 0 bridgehead atoms. The van der Waals surface area contributed by atoms with Crippen LogP contribution in [0.2, 0.25) is 0 Å². The summed E-state index contributed by atoms with van der Waals surface area (Å²) < 4.78 is 18.9. The molecule has 3 aromatic heterocycles. The van der Waals surface area contributed by atoms with E-state index in [2.05, 4.69) is 36.5 Å². The molecule has 0 aliphatic carbocycles.